The molecule has 0 saturated heterocycles. The van der Waals surface area contributed by atoms with Crippen LogP contribution in [0, 0.1) is 0 Å². The number of carbonyl (C=O) groups is 1. The van der Waals surface area contributed by atoms with Crippen LogP contribution in [0.4, 0.5) is 4.39 Å². The molecule has 0 spiro atoms. The summed E-state index contributed by atoms with van der Waals surface area (Å²) < 4.78 is 14.8. The Hall–Kier alpha value is -2.51. The third kappa shape index (κ3) is 5.02. The lowest BCUT2D eigenvalue weighted by Gasteiger charge is -2.18. The molecule has 2 unspecified atom stereocenters. The first-order chi connectivity index (χ1) is 12.9. The van der Waals surface area contributed by atoms with Crippen LogP contribution < -0.4 is 5.32 Å². The molecule has 0 aromatic carbocycles. The number of rotatable bonds is 8. The minimum Gasteiger partial charge on any atom is -0.352 e. The molecular formula is C19H27FN6O. The van der Waals surface area contributed by atoms with Gasteiger partial charge in [-0.15, -0.1) is 0 Å². The number of amides is 1. The van der Waals surface area contributed by atoms with Crippen molar-refractivity contribution in [2.24, 2.45) is 10.1 Å². The number of carbonyl (C=O) groups excluding carboxylic acids is 1. The number of fused-ring (bicyclic) bond motifs is 1. The molecule has 0 bridgehead atoms. The van der Waals surface area contributed by atoms with E-state index < -0.39 is 6.17 Å². The van der Waals surface area contributed by atoms with Gasteiger partial charge < -0.3 is 5.32 Å². The van der Waals surface area contributed by atoms with Crippen molar-refractivity contribution in [3.8, 4) is 0 Å². The molecule has 3 heterocycles. The maximum absolute atomic E-state index is 12.8. The maximum atomic E-state index is 12.8. The van der Waals surface area contributed by atoms with Crippen molar-refractivity contribution < 1.29 is 9.18 Å². The summed E-state index contributed by atoms with van der Waals surface area (Å²) in [6, 6.07) is 2.48. The van der Waals surface area contributed by atoms with Gasteiger partial charge in [-0.3, -0.25) is 14.5 Å². The summed E-state index contributed by atoms with van der Waals surface area (Å²) in [7, 11) is 0. The van der Waals surface area contributed by atoms with E-state index in [1.165, 1.54) is 12.6 Å². The third-order valence-corrected chi connectivity index (χ3v) is 4.59. The predicted octanol–water partition coefficient (Wildman–Crippen LogP) is 2.27. The fourth-order valence-electron chi connectivity index (χ4n) is 3.19. The number of hydrazone groups is 1. The second-order valence-electron chi connectivity index (χ2n) is 7.35. The molecule has 146 valence electrons. The van der Waals surface area contributed by atoms with Gasteiger partial charge in [-0.05, 0) is 44.9 Å². The lowest BCUT2D eigenvalue weighted by Crippen LogP contribution is -2.31. The van der Waals surface area contributed by atoms with E-state index in [1.54, 1.807) is 6.21 Å². The summed E-state index contributed by atoms with van der Waals surface area (Å²) in [6.45, 7) is 6.80. The number of halogens is 1. The van der Waals surface area contributed by atoms with Gasteiger partial charge in [0.05, 0.1) is 25.0 Å². The van der Waals surface area contributed by atoms with Crippen LogP contribution in [-0.4, -0.2) is 58.0 Å². The molecule has 1 aromatic rings. The molecule has 2 aliphatic rings. The lowest BCUT2D eigenvalue weighted by atomic mass is 10.1. The SMILES string of the molecule is CC(F)CCC(=O)NCC1=CC2=NC(Cc3ccnn3C(C)C)CN2N=C1. The molecule has 7 nitrogen and oxygen atoms in total. The molecule has 1 N–H and O–H groups in total. The molecule has 8 heteroatoms. The first-order valence-electron chi connectivity index (χ1n) is 9.45. The Kier molecular flexibility index (Phi) is 6.03. The molecule has 3 rings (SSSR count). The monoisotopic (exact) mass is 374 g/mol. The average molecular weight is 374 g/mol. The van der Waals surface area contributed by atoms with Crippen molar-refractivity contribution in [1.82, 2.24) is 20.1 Å². The van der Waals surface area contributed by atoms with Crippen molar-refractivity contribution in [3.63, 3.8) is 0 Å². The molecular weight excluding hydrogens is 347 g/mol. The quantitative estimate of drug-likeness (QED) is 0.758. The Morgan fingerprint density at radius 1 is 1.41 bits per heavy atom. The number of hydrogen-bond donors (Lipinski definition) is 1. The van der Waals surface area contributed by atoms with Crippen LogP contribution in [0.2, 0.25) is 0 Å². The topological polar surface area (TPSA) is 74.9 Å². The number of amidine groups is 1. The van der Waals surface area contributed by atoms with E-state index >= 15 is 0 Å². The summed E-state index contributed by atoms with van der Waals surface area (Å²) in [4.78, 5) is 16.5. The smallest absolute Gasteiger partial charge is 0.220 e. The molecule has 0 radical (unpaired) electrons. The standard InChI is InChI=1S/C19H27FN6O/c1-13(2)26-17(6-7-22-26)9-16-12-25-18(24-16)8-15(11-23-25)10-21-19(27)5-4-14(3)20/h6-8,11,13-14,16H,4-5,9-10,12H2,1-3H3,(H,21,27). The van der Waals surface area contributed by atoms with E-state index in [-0.39, 0.29) is 24.8 Å². The Labute approximate surface area is 159 Å². The molecule has 0 saturated carbocycles. The number of hydrogen-bond acceptors (Lipinski definition) is 5. The number of aliphatic imine (C=N–C) groups is 1. The van der Waals surface area contributed by atoms with Crippen LogP contribution in [0.1, 0.15) is 45.3 Å². The van der Waals surface area contributed by atoms with Gasteiger partial charge >= 0.3 is 0 Å². The van der Waals surface area contributed by atoms with Crippen molar-refractivity contribution in [1.29, 1.82) is 0 Å². The van der Waals surface area contributed by atoms with E-state index in [2.05, 4.69) is 29.4 Å². The highest BCUT2D eigenvalue weighted by atomic mass is 19.1. The second kappa shape index (κ2) is 8.45. The van der Waals surface area contributed by atoms with E-state index in [1.807, 2.05) is 28.0 Å². The van der Waals surface area contributed by atoms with Gasteiger partial charge in [-0.2, -0.15) is 10.2 Å². The Bertz CT molecular complexity index is 764. The third-order valence-electron chi connectivity index (χ3n) is 4.59. The van der Waals surface area contributed by atoms with Crippen molar-refractivity contribution in [3.05, 3.63) is 29.6 Å². The molecule has 2 aliphatic heterocycles. The number of nitrogens with one attached hydrogen (secondary N) is 1. The fourth-order valence-corrected chi connectivity index (χ4v) is 3.19. The summed E-state index contributed by atoms with van der Waals surface area (Å²) in [5.41, 5.74) is 2.06. The molecule has 1 amide bonds. The maximum Gasteiger partial charge on any atom is 0.220 e. The minimum absolute atomic E-state index is 0.127. The second-order valence-corrected chi connectivity index (χ2v) is 7.35. The first-order valence-corrected chi connectivity index (χ1v) is 9.45. The van der Waals surface area contributed by atoms with Crippen LogP contribution in [0.5, 0.6) is 0 Å². The Morgan fingerprint density at radius 3 is 2.96 bits per heavy atom. The van der Waals surface area contributed by atoms with Crippen molar-refractivity contribution in [2.75, 3.05) is 13.1 Å². The van der Waals surface area contributed by atoms with Crippen LogP contribution in [0.3, 0.4) is 0 Å². The van der Waals surface area contributed by atoms with Crippen LogP contribution in [0.15, 0.2) is 34.0 Å². The van der Waals surface area contributed by atoms with Crippen molar-refractivity contribution >= 4 is 18.0 Å². The average Bonchev–Trinajstić information content (AvgIpc) is 3.24. The van der Waals surface area contributed by atoms with E-state index in [0.29, 0.717) is 12.6 Å². The van der Waals surface area contributed by atoms with Gasteiger partial charge in [-0.25, -0.2) is 9.40 Å². The van der Waals surface area contributed by atoms with Crippen LogP contribution >= 0.6 is 0 Å². The minimum atomic E-state index is -0.962. The van der Waals surface area contributed by atoms with Crippen LogP contribution in [-0.2, 0) is 11.2 Å². The summed E-state index contributed by atoms with van der Waals surface area (Å²) in [5, 5.41) is 13.5. The zero-order valence-corrected chi connectivity index (χ0v) is 16.1. The highest BCUT2D eigenvalue weighted by Crippen LogP contribution is 2.19. The summed E-state index contributed by atoms with van der Waals surface area (Å²) in [5.74, 6) is 0.671. The van der Waals surface area contributed by atoms with E-state index in [4.69, 9.17) is 4.99 Å². The fraction of sp³-hybridized carbons (Fsp3) is 0.579. The molecule has 2 atom stereocenters. The van der Waals surface area contributed by atoms with Crippen LogP contribution in [0.25, 0.3) is 0 Å². The zero-order chi connectivity index (χ0) is 19.4. The zero-order valence-electron chi connectivity index (χ0n) is 16.1. The number of alkyl halides is 1. The Balaban J connectivity index is 1.56. The largest absolute Gasteiger partial charge is 0.352 e. The molecule has 0 aliphatic carbocycles. The molecule has 1 aromatic heterocycles. The normalized spacial score (nSPS) is 19.7. The van der Waals surface area contributed by atoms with Crippen molar-refractivity contribution in [2.45, 2.75) is 58.3 Å². The summed E-state index contributed by atoms with van der Waals surface area (Å²) >= 11 is 0. The summed E-state index contributed by atoms with van der Waals surface area (Å²) in [6.07, 6.45) is 5.82. The van der Waals surface area contributed by atoms with E-state index in [9.17, 15) is 9.18 Å². The number of aromatic nitrogens is 2. The number of nitrogens with zero attached hydrogens (tertiary/aromatic N) is 5. The van der Waals surface area contributed by atoms with Gasteiger partial charge in [0.2, 0.25) is 5.91 Å². The predicted molar refractivity (Wildman–Crippen MR) is 104 cm³/mol. The molecule has 0 fully saturated rings. The van der Waals surface area contributed by atoms with Gasteiger partial charge in [0.15, 0.2) is 0 Å². The van der Waals surface area contributed by atoms with Gasteiger partial charge in [0.1, 0.15) is 5.84 Å². The van der Waals surface area contributed by atoms with Gasteiger partial charge in [-0.1, -0.05) is 0 Å². The van der Waals surface area contributed by atoms with Gasteiger partial charge in [0.25, 0.3) is 0 Å². The highest BCUT2D eigenvalue weighted by molar-refractivity contribution is 6.02. The van der Waals surface area contributed by atoms with E-state index in [0.717, 1.165) is 24.4 Å². The molecule has 27 heavy (non-hydrogen) atoms. The lowest BCUT2D eigenvalue weighted by molar-refractivity contribution is -0.121. The first kappa shape index (κ1) is 19.3. The highest BCUT2D eigenvalue weighted by Gasteiger charge is 2.27. The van der Waals surface area contributed by atoms with Gasteiger partial charge in [0, 0.05) is 37.3 Å². The Morgan fingerprint density at radius 2 is 2.22 bits per heavy atom.